The maximum absolute atomic E-state index is 14.4. The smallest absolute Gasteiger partial charge is 0.238 e. The number of anilines is 2. The minimum Gasteiger partial charge on any atom is -0.493 e. The van der Waals surface area contributed by atoms with E-state index in [1.54, 1.807) is 12.1 Å². The van der Waals surface area contributed by atoms with Gasteiger partial charge in [-0.25, -0.2) is 18.7 Å². The van der Waals surface area contributed by atoms with Crippen LogP contribution in [0.5, 0.6) is 11.5 Å². The van der Waals surface area contributed by atoms with Crippen LogP contribution in [0.3, 0.4) is 0 Å². The molecular formula is C21H20ClF2N5O3. The summed E-state index contributed by atoms with van der Waals surface area (Å²) in [5.74, 6) is -1.35. The molecule has 3 aromatic rings. The Morgan fingerprint density at radius 2 is 2.06 bits per heavy atom. The molecule has 0 radical (unpaired) electrons. The molecule has 32 heavy (non-hydrogen) atoms. The third kappa shape index (κ3) is 4.23. The van der Waals surface area contributed by atoms with Crippen LogP contribution in [-0.2, 0) is 4.79 Å². The molecule has 0 bridgehead atoms. The van der Waals surface area contributed by atoms with E-state index in [2.05, 4.69) is 15.3 Å². The van der Waals surface area contributed by atoms with Crippen LogP contribution in [0.25, 0.3) is 10.9 Å². The fourth-order valence-corrected chi connectivity index (χ4v) is 3.73. The molecule has 168 valence electrons. The van der Waals surface area contributed by atoms with Crippen LogP contribution in [-0.4, -0.2) is 40.6 Å². The molecular weight excluding hydrogens is 444 g/mol. The number of ether oxygens (including phenoxy) is 1. The monoisotopic (exact) mass is 463 g/mol. The number of fused-ring (bicyclic) bond motifs is 1. The molecule has 2 aromatic carbocycles. The third-order valence-electron chi connectivity index (χ3n) is 5.21. The van der Waals surface area contributed by atoms with Gasteiger partial charge in [0.1, 0.15) is 29.0 Å². The number of nitrogens with two attached hydrogens (primary N) is 1. The van der Waals surface area contributed by atoms with Gasteiger partial charge in [-0.2, -0.15) is 0 Å². The van der Waals surface area contributed by atoms with E-state index in [0.29, 0.717) is 35.4 Å². The molecule has 1 amide bonds. The Labute approximate surface area is 187 Å². The summed E-state index contributed by atoms with van der Waals surface area (Å²) in [6.45, 7) is 0.518. The Hall–Kier alpha value is -3.24. The number of hydrogen-bond donors (Lipinski definition) is 2. The average Bonchev–Trinajstić information content (AvgIpc) is 2.79. The summed E-state index contributed by atoms with van der Waals surface area (Å²) in [7, 11) is 1.48. The molecule has 3 N–H and O–H groups in total. The van der Waals surface area contributed by atoms with Crippen LogP contribution in [0.4, 0.5) is 20.3 Å². The number of benzene rings is 2. The highest BCUT2D eigenvalue weighted by Gasteiger charge is 2.30. The van der Waals surface area contributed by atoms with Crippen LogP contribution >= 0.6 is 11.6 Å². The highest BCUT2D eigenvalue weighted by atomic mass is 35.5. The number of carbonyl (C=O) groups is 1. The number of piperidine rings is 1. The number of methoxy groups -OCH3 is 1. The molecule has 1 saturated heterocycles. The molecule has 2 heterocycles. The fraction of sp³-hybridized carbons (Fsp3) is 0.286. The van der Waals surface area contributed by atoms with Gasteiger partial charge >= 0.3 is 0 Å². The second kappa shape index (κ2) is 9.09. The summed E-state index contributed by atoms with van der Waals surface area (Å²) < 4.78 is 33.3. The summed E-state index contributed by atoms with van der Waals surface area (Å²) in [6.07, 6.45) is 3.60. The lowest BCUT2D eigenvalue weighted by Gasteiger charge is -2.32. The standard InChI is InChI=1S/C21H20ClF2N5O3/c1-31-16-9-14-11(8-17(16)32-29-7-3-2-4-15(29)20(25)30)21(27-10-26-14)28-13-6-5-12(23)18(22)19(13)24/h5-6,8-10,15H,2-4,7H2,1H3,(H2,25,30)(H,26,27,28). The molecule has 1 unspecified atom stereocenters. The number of amides is 1. The first-order valence-electron chi connectivity index (χ1n) is 9.86. The number of nitrogens with zero attached hydrogens (tertiary/aromatic N) is 3. The predicted molar refractivity (Wildman–Crippen MR) is 115 cm³/mol. The zero-order chi connectivity index (χ0) is 22.8. The van der Waals surface area contributed by atoms with E-state index in [-0.39, 0.29) is 11.5 Å². The van der Waals surface area contributed by atoms with Gasteiger partial charge in [0, 0.05) is 18.0 Å². The quantitative estimate of drug-likeness (QED) is 0.533. The second-order valence-electron chi connectivity index (χ2n) is 7.24. The summed E-state index contributed by atoms with van der Waals surface area (Å²) in [4.78, 5) is 26.2. The van der Waals surface area contributed by atoms with Gasteiger partial charge in [-0.3, -0.25) is 4.79 Å². The van der Waals surface area contributed by atoms with Gasteiger partial charge in [-0.05, 0) is 37.5 Å². The second-order valence-corrected chi connectivity index (χ2v) is 7.61. The van der Waals surface area contributed by atoms with Crippen molar-refractivity contribution in [3.8, 4) is 11.5 Å². The predicted octanol–water partition coefficient (Wildman–Crippen LogP) is 3.95. The van der Waals surface area contributed by atoms with Gasteiger partial charge < -0.3 is 20.6 Å². The van der Waals surface area contributed by atoms with Gasteiger partial charge in [0.25, 0.3) is 0 Å². The van der Waals surface area contributed by atoms with E-state index in [9.17, 15) is 13.6 Å². The van der Waals surface area contributed by atoms with Crippen molar-refractivity contribution in [2.45, 2.75) is 25.3 Å². The first-order valence-corrected chi connectivity index (χ1v) is 10.2. The van der Waals surface area contributed by atoms with E-state index in [0.717, 1.165) is 18.9 Å². The number of nitrogens with one attached hydrogen (secondary N) is 1. The van der Waals surface area contributed by atoms with Crippen LogP contribution in [0.15, 0.2) is 30.6 Å². The molecule has 1 atom stereocenters. The minimum absolute atomic E-state index is 0.0560. The molecule has 0 saturated carbocycles. The lowest BCUT2D eigenvalue weighted by Crippen LogP contribution is -2.49. The largest absolute Gasteiger partial charge is 0.493 e. The molecule has 1 fully saturated rings. The van der Waals surface area contributed by atoms with Gasteiger partial charge in [0.2, 0.25) is 5.91 Å². The average molecular weight is 464 g/mol. The van der Waals surface area contributed by atoms with Crippen molar-refractivity contribution in [1.29, 1.82) is 0 Å². The maximum atomic E-state index is 14.4. The zero-order valence-corrected chi connectivity index (χ0v) is 17.8. The SMILES string of the molecule is COc1cc2ncnc(Nc3ccc(F)c(Cl)c3F)c2cc1ON1CCCCC1C(N)=O. The Morgan fingerprint density at radius 3 is 2.81 bits per heavy atom. The molecule has 8 nitrogen and oxygen atoms in total. The zero-order valence-electron chi connectivity index (χ0n) is 17.1. The van der Waals surface area contributed by atoms with Gasteiger partial charge in [0.05, 0.1) is 18.3 Å². The van der Waals surface area contributed by atoms with E-state index >= 15 is 0 Å². The number of halogens is 3. The number of hydrogen-bond acceptors (Lipinski definition) is 7. The molecule has 0 aliphatic carbocycles. The first-order chi connectivity index (χ1) is 15.4. The van der Waals surface area contributed by atoms with Crippen molar-refractivity contribution in [3.63, 3.8) is 0 Å². The summed E-state index contributed by atoms with van der Waals surface area (Å²) >= 11 is 5.68. The Kier molecular flexibility index (Phi) is 6.24. The minimum atomic E-state index is -0.943. The van der Waals surface area contributed by atoms with E-state index in [1.807, 2.05) is 0 Å². The first kappa shape index (κ1) is 22.0. The highest BCUT2D eigenvalue weighted by molar-refractivity contribution is 6.31. The summed E-state index contributed by atoms with van der Waals surface area (Å²) in [6, 6.07) is 4.95. The van der Waals surface area contributed by atoms with Crippen LogP contribution < -0.4 is 20.6 Å². The Balaban J connectivity index is 1.73. The number of carbonyl (C=O) groups excluding carboxylic acids is 1. The fourth-order valence-electron chi connectivity index (χ4n) is 3.57. The number of rotatable bonds is 6. The van der Waals surface area contributed by atoms with Gasteiger partial charge in [-0.15, -0.1) is 5.06 Å². The topological polar surface area (TPSA) is 103 Å². The van der Waals surface area contributed by atoms with Gasteiger partial charge in [0.15, 0.2) is 17.3 Å². The molecule has 1 aromatic heterocycles. The number of hydroxylamine groups is 2. The Bertz CT molecular complexity index is 1180. The summed E-state index contributed by atoms with van der Waals surface area (Å²) in [5, 5.41) is 4.21. The van der Waals surface area contributed by atoms with Crippen LogP contribution in [0.2, 0.25) is 5.02 Å². The van der Waals surface area contributed by atoms with Crippen molar-refractivity contribution in [2.24, 2.45) is 5.73 Å². The lowest BCUT2D eigenvalue weighted by atomic mass is 10.0. The third-order valence-corrected chi connectivity index (χ3v) is 5.55. The van der Waals surface area contributed by atoms with Crippen LogP contribution in [0, 0.1) is 11.6 Å². The molecule has 1 aliphatic heterocycles. The highest BCUT2D eigenvalue weighted by Crippen LogP contribution is 2.37. The van der Waals surface area contributed by atoms with Crippen molar-refractivity contribution in [3.05, 3.63) is 47.2 Å². The number of aromatic nitrogens is 2. The van der Waals surface area contributed by atoms with E-state index < -0.39 is 28.6 Å². The Morgan fingerprint density at radius 1 is 1.25 bits per heavy atom. The molecule has 0 spiro atoms. The lowest BCUT2D eigenvalue weighted by molar-refractivity contribution is -0.148. The molecule has 4 rings (SSSR count). The summed E-state index contributed by atoms with van der Waals surface area (Å²) in [5.41, 5.74) is 5.96. The molecule has 11 heteroatoms. The van der Waals surface area contributed by atoms with Crippen LogP contribution in [0.1, 0.15) is 19.3 Å². The van der Waals surface area contributed by atoms with Crippen molar-refractivity contribution in [1.82, 2.24) is 15.0 Å². The van der Waals surface area contributed by atoms with E-state index in [1.165, 1.54) is 24.6 Å². The van der Waals surface area contributed by atoms with Gasteiger partial charge in [-0.1, -0.05) is 11.6 Å². The van der Waals surface area contributed by atoms with E-state index in [4.69, 9.17) is 26.9 Å². The van der Waals surface area contributed by atoms with Crippen molar-refractivity contribution < 1.29 is 23.1 Å². The normalized spacial score (nSPS) is 16.7. The van der Waals surface area contributed by atoms with Crippen molar-refractivity contribution >= 4 is 39.9 Å². The molecule has 1 aliphatic rings. The maximum Gasteiger partial charge on any atom is 0.238 e. The van der Waals surface area contributed by atoms with Crippen molar-refractivity contribution in [2.75, 3.05) is 19.0 Å². The number of primary amides is 1.